The fourth-order valence-electron chi connectivity index (χ4n) is 2.84. The van der Waals surface area contributed by atoms with E-state index in [1.165, 1.54) is 36.5 Å². The quantitative estimate of drug-likeness (QED) is 0.748. The van der Waals surface area contributed by atoms with Crippen LogP contribution in [0.3, 0.4) is 0 Å². The van der Waals surface area contributed by atoms with E-state index in [-0.39, 0.29) is 40.5 Å². The van der Waals surface area contributed by atoms with Crippen molar-refractivity contribution in [2.75, 3.05) is 21.5 Å². The summed E-state index contributed by atoms with van der Waals surface area (Å²) in [7, 11) is -6.80. The Morgan fingerprint density at radius 3 is 2.48 bits per heavy atom. The van der Waals surface area contributed by atoms with Crippen LogP contribution >= 0.6 is 0 Å². The molecular formula is C17H19N3O5S2. The number of nitrogens with one attached hydrogen (secondary N) is 2. The summed E-state index contributed by atoms with van der Waals surface area (Å²) in [6.07, 6.45) is 2.10. The fraction of sp³-hybridized carbons (Fsp3) is 0.294. The molecular weight excluding hydrogens is 390 g/mol. The van der Waals surface area contributed by atoms with Gasteiger partial charge >= 0.3 is 0 Å². The smallest absolute Gasteiger partial charge is 0.263 e. The Kier molecular flexibility index (Phi) is 5.47. The molecule has 1 saturated heterocycles. The Morgan fingerprint density at radius 1 is 1.15 bits per heavy atom. The second-order valence-corrected chi connectivity index (χ2v) is 10.3. The van der Waals surface area contributed by atoms with Crippen LogP contribution in [-0.4, -0.2) is 39.2 Å². The summed E-state index contributed by atoms with van der Waals surface area (Å²) in [5, 5.41) is 2.66. The van der Waals surface area contributed by atoms with E-state index >= 15 is 0 Å². The highest BCUT2D eigenvalue weighted by Crippen LogP contribution is 2.22. The first kappa shape index (κ1) is 19.3. The maximum atomic E-state index is 12.3. The summed E-state index contributed by atoms with van der Waals surface area (Å²) in [5.74, 6) is -0.0877. The number of aromatic nitrogens is 1. The largest absolute Gasteiger partial charge is 0.326 e. The first-order valence-corrected chi connectivity index (χ1v) is 11.6. The first-order valence-electron chi connectivity index (χ1n) is 8.28. The van der Waals surface area contributed by atoms with E-state index < -0.39 is 19.9 Å². The minimum atomic E-state index is -3.78. The van der Waals surface area contributed by atoms with E-state index in [0.717, 1.165) is 0 Å². The van der Waals surface area contributed by atoms with Crippen molar-refractivity contribution in [3.8, 4) is 0 Å². The molecule has 1 aliphatic heterocycles. The topological polar surface area (TPSA) is 122 Å². The third kappa shape index (κ3) is 5.27. The van der Waals surface area contributed by atoms with Gasteiger partial charge in [0.2, 0.25) is 5.91 Å². The number of hydrogen-bond acceptors (Lipinski definition) is 6. The number of sulfonamides is 1. The van der Waals surface area contributed by atoms with Gasteiger partial charge in [-0.2, -0.15) is 0 Å². The maximum absolute atomic E-state index is 12.3. The average Bonchev–Trinajstić information content (AvgIpc) is 2.94. The summed E-state index contributed by atoms with van der Waals surface area (Å²) in [6.45, 7) is 0. The van der Waals surface area contributed by atoms with Gasteiger partial charge in [0.05, 0.1) is 16.4 Å². The lowest BCUT2D eigenvalue weighted by Gasteiger charge is -2.10. The molecule has 1 fully saturated rings. The molecule has 10 heteroatoms. The molecule has 1 atom stereocenters. The maximum Gasteiger partial charge on any atom is 0.263 e. The number of rotatable bonds is 6. The number of sulfone groups is 1. The van der Waals surface area contributed by atoms with Gasteiger partial charge in [-0.15, -0.1) is 0 Å². The van der Waals surface area contributed by atoms with Crippen LogP contribution in [0.25, 0.3) is 0 Å². The summed E-state index contributed by atoms with van der Waals surface area (Å²) in [5.41, 5.74) is 0.442. The molecule has 0 spiro atoms. The van der Waals surface area contributed by atoms with Gasteiger partial charge in [-0.25, -0.2) is 21.8 Å². The lowest BCUT2D eigenvalue weighted by Crippen LogP contribution is -2.17. The Balaban J connectivity index is 1.60. The van der Waals surface area contributed by atoms with Gasteiger partial charge in [0.25, 0.3) is 10.0 Å². The highest BCUT2D eigenvalue weighted by molar-refractivity contribution is 7.92. The molecule has 27 heavy (non-hydrogen) atoms. The standard InChI is InChI=1S/C17H19N3O5S2/c21-17(11-13-8-10-26(22,23)12-13)19-14-4-6-15(7-5-14)27(24,25)20-16-3-1-2-9-18-16/h1-7,9,13H,8,10-12H2,(H,18,20)(H,19,21)/t13-/m0/s1. The van der Waals surface area contributed by atoms with Crippen molar-refractivity contribution in [1.82, 2.24) is 4.98 Å². The molecule has 1 aromatic heterocycles. The van der Waals surface area contributed by atoms with Crippen molar-refractivity contribution in [2.45, 2.75) is 17.7 Å². The van der Waals surface area contributed by atoms with Gasteiger partial charge in [0.1, 0.15) is 5.82 Å². The number of hydrogen-bond donors (Lipinski definition) is 2. The van der Waals surface area contributed by atoms with Gasteiger partial charge in [0.15, 0.2) is 9.84 Å². The molecule has 1 aliphatic rings. The van der Waals surface area contributed by atoms with Crippen molar-refractivity contribution in [3.05, 3.63) is 48.7 Å². The van der Waals surface area contributed by atoms with E-state index in [9.17, 15) is 21.6 Å². The summed E-state index contributed by atoms with van der Waals surface area (Å²) in [4.78, 5) is 16.0. The van der Waals surface area contributed by atoms with Crippen LogP contribution in [-0.2, 0) is 24.7 Å². The van der Waals surface area contributed by atoms with Crippen LogP contribution in [0.2, 0.25) is 0 Å². The zero-order chi connectivity index (χ0) is 19.5. The second kappa shape index (κ2) is 7.65. The Morgan fingerprint density at radius 2 is 1.89 bits per heavy atom. The normalized spacial score (nSPS) is 18.7. The lowest BCUT2D eigenvalue weighted by atomic mass is 10.1. The number of pyridine rings is 1. The molecule has 2 aromatic rings. The summed E-state index contributed by atoms with van der Waals surface area (Å²) < 4.78 is 49.9. The molecule has 0 aliphatic carbocycles. The van der Waals surface area contributed by atoms with Crippen LogP contribution in [0.15, 0.2) is 53.6 Å². The monoisotopic (exact) mass is 409 g/mol. The fourth-order valence-corrected chi connectivity index (χ4v) is 5.71. The van der Waals surface area contributed by atoms with E-state index in [4.69, 9.17) is 0 Å². The first-order chi connectivity index (χ1) is 12.7. The Labute approximate surface area is 158 Å². The minimum absolute atomic E-state index is 0.0352. The summed E-state index contributed by atoms with van der Waals surface area (Å²) in [6, 6.07) is 10.6. The lowest BCUT2D eigenvalue weighted by molar-refractivity contribution is -0.116. The third-order valence-corrected chi connectivity index (χ3v) is 7.36. The third-order valence-electron chi connectivity index (χ3n) is 4.15. The van der Waals surface area contributed by atoms with Crippen molar-refractivity contribution in [3.63, 3.8) is 0 Å². The van der Waals surface area contributed by atoms with Crippen molar-refractivity contribution in [2.24, 2.45) is 5.92 Å². The number of amides is 1. The molecule has 144 valence electrons. The van der Waals surface area contributed by atoms with Crippen LogP contribution in [0, 0.1) is 5.92 Å². The van der Waals surface area contributed by atoms with Crippen LogP contribution < -0.4 is 10.0 Å². The van der Waals surface area contributed by atoms with Gasteiger partial charge in [-0.3, -0.25) is 9.52 Å². The number of anilines is 2. The average molecular weight is 409 g/mol. The number of nitrogens with zero attached hydrogens (tertiary/aromatic N) is 1. The van der Waals surface area contributed by atoms with Crippen molar-refractivity contribution >= 4 is 37.3 Å². The number of carbonyl (C=O) groups excluding carboxylic acids is 1. The van der Waals surface area contributed by atoms with E-state index in [0.29, 0.717) is 12.1 Å². The molecule has 1 amide bonds. The number of carbonyl (C=O) groups is 1. The predicted octanol–water partition coefficient (Wildman–Crippen LogP) is 1.65. The molecule has 0 unspecified atom stereocenters. The highest BCUT2D eigenvalue weighted by atomic mass is 32.2. The predicted molar refractivity (Wildman–Crippen MR) is 101 cm³/mol. The second-order valence-electron chi connectivity index (χ2n) is 6.37. The molecule has 0 saturated carbocycles. The molecule has 3 rings (SSSR count). The van der Waals surface area contributed by atoms with E-state index in [1.807, 2.05) is 0 Å². The van der Waals surface area contributed by atoms with Gasteiger partial charge in [0, 0.05) is 18.3 Å². The van der Waals surface area contributed by atoms with E-state index in [1.54, 1.807) is 12.1 Å². The van der Waals surface area contributed by atoms with Crippen LogP contribution in [0.1, 0.15) is 12.8 Å². The van der Waals surface area contributed by atoms with E-state index in [2.05, 4.69) is 15.0 Å². The Hall–Kier alpha value is -2.46. The summed E-state index contributed by atoms with van der Waals surface area (Å²) >= 11 is 0. The molecule has 2 heterocycles. The zero-order valence-electron chi connectivity index (χ0n) is 14.3. The van der Waals surface area contributed by atoms with Gasteiger partial charge < -0.3 is 5.32 Å². The zero-order valence-corrected chi connectivity index (χ0v) is 16.0. The van der Waals surface area contributed by atoms with Crippen LogP contribution in [0.4, 0.5) is 11.5 Å². The van der Waals surface area contributed by atoms with Gasteiger partial charge in [-0.05, 0) is 48.7 Å². The van der Waals surface area contributed by atoms with Crippen molar-refractivity contribution in [1.29, 1.82) is 0 Å². The van der Waals surface area contributed by atoms with Gasteiger partial charge in [-0.1, -0.05) is 6.07 Å². The Bertz CT molecular complexity index is 1020. The van der Waals surface area contributed by atoms with Crippen LogP contribution in [0.5, 0.6) is 0 Å². The minimum Gasteiger partial charge on any atom is -0.326 e. The van der Waals surface area contributed by atoms with Crippen molar-refractivity contribution < 1.29 is 21.6 Å². The molecule has 8 nitrogen and oxygen atoms in total. The molecule has 0 bridgehead atoms. The molecule has 1 aromatic carbocycles. The molecule has 0 radical (unpaired) electrons. The highest BCUT2D eigenvalue weighted by Gasteiger charge is 2.29. The molecule has 2 N–H and O–H groups in total. The SMILES string of the molecule is O=C(C[C@@H]1CCS(=O)(=O)C1)Nc1ccc(S(=O)(=O)Nc2ccccn2)cc1. The number of benzene rings is 1.